The highest BCUT2D eigenvalue weighted by Crippen LogP contribution is 2.24. The summed E-state index contributed by atoms with van der Waals surface area (Å²) >= 11 is 0. The Kier molecular flexibility index (Phi) is 3.31. The molecule has 0 N–H and O–H groups in total. The van der Waals surface area contributed by atoms with Crippen molar-refractivity contribution in [2.45, 2.75) is 12.3 Å². The minimum Gasteiger partial charge on any atom is -0.310 e. The SMILES string of the molecule is C1=c2c(n(-c3ccccc3)c3ccccc23)=CCC1c1ccccc1. The van der Waals surface area contributed by atoms with Crippen LogP contribution in [0, 0.1) is 0 Å². The molecule has 0 amide bonds. The highest BCUT2D eigenvalue weighted by molar-refractivity contribution is 5.84. The Morgan fingerprint density at radius 3 is 2.20 bits per heavy atom. The molecule has 0 fully saturated rings. The lowest BCUT2D eigenvalue weighted by Gasteiger charge is -2.14. The van der Waals surface area contributed by atoms with Crippen LogP contribution in [0.5, 0.6) is 0 Å². The zero-order valence-corrected chi connectivity index (χ0v) is 14.0. The van der Waals surface area contributed by atoms with Crippen LogP contribution in [0.2, 0.25) is 0 Å². The van der Waals surface area contributed by atoms with E-state index in [2.05, 4.69) is 102 Å². The van der Waals surface area contributed by atoms with Crippen LogP contribution in [0.4, 0.5) is 0 Å². The first-order valence-electron chi connectivity index (χ1n) is 8.84. The van der Waals surface area contributed by atoms with Gasteiger partial charge in [-0.3, -0.25) is 0 Å². The van der Waals surface area contributed by atoms with Gasteiger partial charge >= 0.3 is 0 Å². The van der Waals surface area contributed by atoms with Crippen molar-refractivity contribution in [3.8, 4) is 5.69 Å². The molecule has 0 radical (unpaired) electrons. The van der Waals surface area contributed by atoms with Crippen LogP contribution in [0.3, 0.4) is 0 Å². The number of benzene rings is 3. The van der Waals surface area contributed by atoms with E-state index in [0.29, 0.717) is 5.92 Å². The number of para-hydroxylation sites is 2. The second-order valence-corrected chi connectivity index (χ2v) is 6.61. The van der Waals surface area contributed by atoms with Gasteiger partial charge in [0.2, 0.25) is 0 Å². The van der Waals surface area contributed by atoms with Crippen molar-refractivity contribution in [3.05, 3.63) is 101 Å². The molecule has 1 nitrogen and oxygen atoms in total. The summed E-state index contributed by atoms with van der Waals surface area (Å²) in [6, 6.07) is 30.2. The number of hydrogen-bond donors (Lipinski definition) is 0. The molecule has 0 saturated heterocycles. The molecule has 1 aliphatic rings. The van der Waals surface area contributed by atoms with E-state index in [4.69, 9.17) is 0 Å². The Hall–Kier alpha value is -3.06. The maximum absolute atomic E-state index is 2.45. The second kappa shape index (κ2) is 5.78. The molecule has 1 atom stereocenters. The van der Waals surface area contributed by atoms with E-state index >= 15 is 0 Å². The Bertz CT molecular complexity index is 1150. The van der Waals surface area contributed by atoms with E-state index in [0.717, 1.165) is 6.42 Å². The van der Waals surface area contributed by atoms with Crippen molar-refractivity contribution >= 4 is 23.1 Å². The third-order valence-corrected chi connectivity index (χ3v) is 5.13. The number of rotatable bonds is 2. The van der Waals surface area contributed by atoms with Crippen molar-refractivity contribution in [3.63, 3.8) is 0 Å². The molecule has 1 unspecified atom stereocenters. The van der Waals surface area contributed by atoms with Crippen LogP contribution in [0.1, 0.15) is 17.9 Å². The molecule has 1 aliphatic carbocycles. The number of fused-ring (bicyclic) bond motifs is 3. The Morgan fingerprint density at radius 2 is 1.40 bits per heavy atom. The molecule has 120 valence electrons. The summed E-state index contributed by atoms with van der Waals surface area (Å²) in [6.07, 6.45) is 5.90. The first-order chi connectivity index (χ1) is 12.4. The van der Waals surface area contributed by atoms with Crippen molar-refractivity contribution in [1.82, 2.24) is 4.57 Å². The van der Waals surface area contributed by atoms with Gasteiger partial charge in [-0.05, 0) is 30.2 Å². The molecule has 5 rings (SSSR count). The third kappa shape index (κ3) is 2.32. The van der Waals surface area contributed by atoms with Gasteiger partial charge in [-0.25, -0.2) is 0 Å². The lowest BCUT2D eigenvalue weighted by molar-refractivity contribution is 0.907. The number of nitrogens with zero attached hydrogens (tertiary/aromatic N) is 1. The Labute approximate surface area is 147 Å². The topological polar surface area (TPSA) is 4.93 Å². The molecular formula is C24H19N. The number of hydrogen-bond acceptors (Lipinski definition) is 0. The molecule has 1 heterocycles. The van der Waals surface area contributed by atoms with Gasteiger partial charge in [0.05, 0.1) is 5.52 Å². The van der Waals surface area contributed by atoms with E-state index in [-0.39, 0.29) is 0 Å². The van der Waals surface area contributed by atoms with Crippen molar-refractivity contribution in [1.29, 1.82) is 0 Å². The first-order valence-corrected chi connectivity index (χ1v) is 8.84. The van der Waals surface area contributed by atoms with E-state index in [1.54, 1.807) is 0 Å². The standard InChI is InChI=1S/C24H19N/c1-3-9-18(10-4-1)19-15-16-24-22(17-19)21-13-7-8-14-23(21)25(24)20-11-5-2-6-12-20/h1-14,16-17,19H,15H2. The van der Waals surface area contributed by atoms with Crippen molar-refractivity contribution < 1.29 is 0 Å². The van der Waals surface area contributed by atoms with Crippen LogP contribution in [-0.2, 0) is 0 Å². The minimum absolute atomic E-state index is 0.448. The zero-order chi connectivity index (χ0) is 16.6. The van der Waals surface area contributed by atoms with Crippen LogP contribution >= 0.6 is 0 Å². The summed E-state index contributed by atoms with van der Waals surface area (Å²) in [5.41, 5.74) is 3.89. The third-order valence-electron chi connectivity index (χ3n) is 5.13. The van der Waals surface area contributed by atoms with E-state index < -0.39 is 0 Å². The average molecular weight is 321 g/mol. The van der Waals surface area contributed by atoms with Gasteiger partial charge in [0, 0.05) is 27.6 Å². The molecule has 0 bridgehead atoms. The number of aromatic nitrogens is 1. The zero-order valence-electron chi connectivity index (χ0n) is 14.0. The van der Waals surface area contributed by atoms with Gasteiger partial charge in [-0.1, -0.05) is 78.9 Å². The van der Waals surface area contributed by atoms with E-state index in [1.807, 2.05) is 0 Å². The molecule has 0 spiro atoms. The van der Waals surface area contributed by atoms with E-state index in [9.17, 15) is 0 Å². The van der Waals surface area contributed by atoms with Crippen LogP contribution in [-0.4, -0.2) is 4.57 Å². The van der Waals surface area contributed by atoms with Crippen LogP contribution < -0.4 is 10.6 Å². The van der Waals surface area contributed by atoms with Gasteiger partial charge in [-0.2, -0.15) is 0 Å². The lowest BCUT2D eigenvalue weighted by Crippen LogP contribution is -2.31. The first kappa shape index (κ1) is 14.3. The van der Waals surface area contributed by atoms with Crippen LogP contribution in [0.15, 0.2) is 84.9 Å². The second-order valence-electron chi connectivity index (χ2n) is 6.61. The lowest BCUT2D eigenvalue weighted by atomic mass is 9.91. The fourth-order valence-corrected chi connectivity index (χ4v) is 3.96. The minimum atomic E-state index is 0.448. The molecule has 1 heteroatoms. The maximum Gasteiger partial charge on any atom is 0.0540 e. The largest absolute Gasteiger partial charge is 0.310 e. The van der Waals surface area contributed by atoms with Crippen molar-refractivity contribution in [2.24, 2.45) is 0 Å². The molecule has 25 heavy (non-hydrogen) atoms. The van der Waals surface area contributed by atoms with Crippen LogP contribution in [0.25, 0.3) is 28.7 Å². The van der Waals surface area contributed by atoms with Gasteiger partial charge in [-0.15, -0.1) is 0 Å². The summed E-state index contributed by atoms with van der Waals surface area (Å²) < 4.78 is 2.39. The monoisotopic (exact) mass is 321 g/mol. The molecule has 3 aromatic carbocycles. The predicted octanol–water partition coefficient (Wildman–Crippen LogP) is 4.38. The fourth-order valence-electron chi connectivity index (χ4n) is 3.96. The van der Waals surface area contributed by atoms with Gasteiger partial charge in [0.1, 0.15) is 0 Å². The smallest absolute Gasteiger partial charge is 0.0540 e. The molecular weight excluding hydrogens is 302 g/mol. The Balaban J connectivity index is 1.81. The van der Waals surface area contributed by atoms with E-state index in [1.165, 1.54) is 32.7 Å². The normalized spacial score (nSPS) is 16.1. The highest BCUT2D eigenvalue weighted by Gasteiger charge is 2.15. The van der Waals surface area contributed by atoms with Crippen molar-refractivity contribution in [2.75, 3.05) is 0 Å². The fraction of sp³-hybridized carbons (Fsp3) is 0.0833. The Morgan fingerprint density at radius 1 is 0.720 bits per heavy atom. The molecule has 0 aliphatic heterocycles. The predicted molar refractivity (Wildman–Crippen MR) is 105 cm³/mol. The quantitative estimate of drug-likeness (QED) is 0.516. The summed E-state index contributed by atoms with van der Waals surface area (Å²) in [7, 11) is 0. The van der Waals surface area contributed by atoms with Gasteiger partial charge in [0.15, 0.2) is 0 Å². The summed E-state index contributed by atoms with van der Waals surface area (Å²) in [5, 5.41) is 4.01. The summed E-state index contributed by atoms with van der Waals surface area (Å²) in [4.78, 5) is 0. The molecule has 0 saturated carbocycles. The maximum atomic E-state index is 2.45. The summed E-state index contributed by atoms with van der Waals surface area (Å²) in [6.45, 7) is 0. The van der Waals surface area contributed by atoms with Gasteiger partial charge in [0.25, 0.3) is 0 Å². The summed E-state index contributed by atoms with van der Waals surface area (Å²) in [5.74, 6) is 0.448. The highest BCUT2D eigenvalue weighted by atomic mass is 15.0. The molecule has 4 aromatic rings. The molecule has 1 aromatic heterocycles. The average Bonchev–Trinajstić information content (AvgIpc) is 3.03. The van der Waals surface area contributed by atoms with Gasteiger partial charge < -0.3 is 4.57 Å².